The summed E-state index contributed by atoms with van der Waals surface area (Å²) in [6.07, 6.45) is 3.38. The van der Waals surface area contributed by atoms with Gasteiger partial charge in [0, 0.05) is 6.04 Å². The molecule has 0 heterocycles. The fraction of sp³-hybridized carbons (Fsp3) is 0.243. The molecule has 1 fully saturated rings. The average Bonchev–Trinajstić information content (AvgIpc) is 3.55. The van der Waals surface area contributed by atoms with Gasteiger partial charge in [-0.05, 0) is 61.0 Å². The van der Waals surface area contributed by atoms with Crippen LogP contribution in [0, 0.1) is 5.92 Å². The minimum atomic E-state index is -0.585. The Labute approximate surface area is 254 Å². The molecule has 6 rings (SSSR count). The number of benzene rings is 4. The first-order valence-corrected chi connectivity index (χ1v) is 16.5. The highest BCUT2D eigenvalue weighted by molar-refractivity contribution is 7.73. The normalized spacial score (nSPS) is 18.8. The van der Waals surface area contributed by atoms with E-state index in [1.165, 1.54) is 10.6 Å². The van der Waals surface area contributed by atoms with Crippen LogP contribution in [0.15, 0.2) is 131 Å². The third kappa shape index (κ3) is 6.06. The molecule has 43 heavy (non-hydrogen) atoms. The van der Waals surface area contributed by atoms with Crippen molar-refractivity contribution in [3.05, 3.63) is 153 Å². The number of nitrogens with two attached hydrogens (primary N) is 1. The van der Waals surface area contributed by atoms with Gasteiger partial charge >= 0.3 is 0 Å². The Morgan fingerprint density at radius 3 is 1.65 bits per heavy atom. The van der Waals surface area contributed by atoms with Crippen LogP contribution in [0.3, 0.4) is 0 Å². The maximum absolute atomic E-state index is 13.0. The molecule has 0 aliphatic heterocycles. The Hall–Kier alpha value is -4.05. The first-order valence-electron chi connectivity index (χ1n) is 15.1. The van der Waals surface area contributed by atoms with E-state index in [0.29, 0.717) is 23.0 Å². The molecule has 218 valence electrons. The highest BCUT2D eigenvalue weighted by atomic mass is 31.1. The van der Waals surface area contributed by atoms with Crippen molar-refractivity contribution in [2.75, 3.05) is 10.6 Å². The van der Waals surface area contributed by atoms with Gasteiger partial charge in [0.2, 0.25) is 0 Å². The third-order valence-corrected chi connectivity index (χ3v) is 11.9. The van der Waals surface area contributed by atoms with Gasteiger partial charge in [0.15, 0.2) is 0 Å². The SMILES string of the molecule is C[C@@H](Nc1c(N[C@@H](c2ccccc2)[C@@H](N)c2ccccc2)c(=O)c1=O)C1CCCC1P(c1ccccc1)c1ccccc1. The summed E-state index contributed by atoms with van der Waals surface area (Å²) in [4.78, 5) is 26.0. The van der Waals surface area contributed by atoms with Gasteiger partial charge in [-0.2, -0.15) is 0 Å². The average molecular weight is 588 g/mol. The Bertz CT molecular complexity index is 1650. The summed E-state index contributed by atoms with van der Waals surface area (Å²) in [6.45, 7) is 2.16. The summed E-state index contributed by atoms with van der Waals surface area (Å²) < 4.78 is 0. The molecular formula is C37H38N3O2P. The second-order valence-corrected chi connectivity index (χ2v) is 13.9. The van der Waals surface area contributed by atoms with E-state index < -0.39 is 24.8 Å². The van der Waals surface area contributed by atoms with Crippen LogP contribution in [0.5, 0.6) is 0 Å². The highest BCUT2D eigenvalue weighted by Gasteiger charge is 2.39. The number of hydrogen-bond donors (Lipinski definition) is 3. The van der Waals surface area contributed by atoms with E-state index in [1.807, 2.05) is 60.7 Å². The molecule has 6 heteroatoms. The van der Waals surface area contributed by atoms with Gasteiger partial charge < -0.3 is 16.4 Å². The summed E-state index contributed by atoms with van der Waals surface area (Å²) in [5.74, 6) is 0.361. The first kappa shape index (κ1) is 29.0. The Kier molecular flexibility index (Phi) is 8.83. The summed E-state index contributed by atoms with van der Waals surface area (Å²) in [5, 5.41) is 9.69. The first-order chi connectivity index (χ1) is 21.0. The molecule has 1 saturated carbocycles. The predicted molar refractivity (Wildman–Crippen MR) is 181 cm³/mol. The lowest BCUT2D eigenvalue weighted by molar-refractivity contribution is 0.488. The van der Waals surface area contributed by atoms with Crippen LogP contribution in [0.2, 0.25) is 0 Å². The standard InChI is InChI=1S/C37H38N3O2P/c1-25(30-23-14-24-31(30)43(28-19-10-4-11-20-28)29-21-12-5-13-22-29)39-34-35(37(42)36(34)41)40-33(27-17-8-3-9-18-27)32(38)26-15-6-2-7-16-26/h2-13,15-22,25,30-33,39-40H,14,23-24,38H2,1H3/t25-,30?,31?,32+,33+/m1/s1. The summed E-state index contributed by atoms with van der Waals surface area (Å²) >= 11 is 0. The second-order valence-electron chi connectivity index (χ2n) is 11.5. The van der Waals surface area contributed by atoms with Crippen molar-refractivity contribution in [2.45, 2.75) is 50.0 Å². The zero-order valence-electron chi connectivity index (χ0n) is 24.4. The van der Waals surface area contributed by atoms with E-state index in [0.717, 1.165) is 30.4 Å². The summed E-state index contributed by atoms with van der Waals surface area (Å²) in [5.41, 5.74) is 8.93. The number of anilines is 2. The smallest absolute Gasteiger partial charge is 0.253 e. The quantitative estimate of drug-likeness (QED) is 0.126. The van der Waals surface area contributed by atoms with Crippen molar-refractivity contribution >= 4 is 29.9 Å². The molecule has 0 saturated heterocycles. The van der Waals surface area contributed by atoms with Crippen LogP contribution in [0.1, 0.15) is 49.4 Å². The molecule has 4 N–H and O–H groups in total. The van der Waals surface area contributed by atoms with Crippen molar-refractivity contribution < 1.29 is 0 Å². The molecule has 5 nitrogen and oxygen atoms in total. The van der Waals surface area contributed by atoms with Crippen molar-refractivity contribution in [1.82, 2.24) is 0 Å². The fourth-order valence-corrected chi connectivity index (χ4v) is 9.93. The van der Waals surface area contributed by atoms with Gasteiger partial charge in [-0.1, -0.05) is 128 Å². The van der Waals surface area contributed by atoms with E-state index in [9.17, 15) is 9.59 Å². The molecule has 0 spiro atoms. The predicted octanol–water partition coefficient (Wildman–Crippen LogP) is 6.24. The van der Waals surface area contributed by atoms with E-state index in [-0.39, 0.29) is 12.1 Å². The van der Waals surface area contributed by atoms with E-state index in [2.05, 4.69) is 78.2 Å². The molecule has 5 aromatic rings. The van der Waals surface area contributed by atoms with Crippen LogP contribution in [-0.2, 0) is 0 Å². The largest absolute Gasteiger partial charge is 0.377 e. The van der Waals surface area contributed by atoms with Gasteiger partial charge in [-0.3, -0.25) is 9.59 Å². The van der Waals surface area contributed by atoms with Crippen LogP contribution in [0.4, 0.5) is 11.4 Å². The molecule has 5 aromatic carbocycles. The Balaban J connectivity index is 1.27. The van der Waals surface area contributed by atoms with Crippen molar-refractivity contribution in [3.63, 3.8) is 0 Å². The van der Waals surface area contributed by atoms with E-state index in [4.69, 9.17) is 5.73 Å². The zero-order chi connectivity index (χ0) is 29.8. The van der Waals surface area contributed by atoms with Gasteiger partial charge in [0.1, 0.15) is 11.4 Å². The molecule has 0 radical (unpaired) electrons. The van der Waals surface area contributed by atoms with Crippen molar-refractivity contribution in [3.8, 4) is 0 Å². The molecule has 0 bridgehead atoms. The molecule has 1 aliphatic rings. The molecule has 1 aliphatic carbocycles. The monoisotopic (exact) mass is 587 g/mol. The molecule has 0 amide bonds. The van der Waals surface area contributed by atoms with Crippen LogP contribution in [0.25, 0.3) is 0 Å². The fourth-order valence-electron chi connectivity index (χ4n) is 6.65. The molecule has 2 unspecified atom stereocenters. The topological polar surface area (TPSA) is 84.2 Å². The minimum absolute atomic E-state index is 0.0201. The lowest BCUT2D eigenvalue weighted by Gasteiger charge is -2.35. The number of nitrogens with one attached hydrogen (secondary N) is 2. The lowest BCUT2D eigenvalue weighted by atomic mass is 9.93. The summed E-state index contributed by atoms with van der Waals surface area (Å²) in [7, 11) is -0.585. The van der Waals surface area contributed by atoms with E-state index in [1.54, 1.807) is 0 Å². The lowest BCUT2D eigenvalue weighted by Crippen LogP contribution is -2.43. The number of rotatable bonds is 11. The Morgan fingerprint density at radius 2 is 1.12 bits per heavy atom. The van der Waals surface area contributed by atoms with E-state index >= 15 is 0 Å². The minimum Gasteiger partial charge on any atom is -0.377 e. The van der Waals surface area contributed by atoms with Crippen LogP contribution >= 0.6 is 7.92 Å². The number of hydrogen-bond acceptors (Lipinski definition) is 5. The highest BCUT2D eigenvalue weighted by Crippen LogP contribution is 2.51. The summed E-state index contributed by atoms with van der Waals surface area (Å²) in [6, 6.07) is 40.6. The second kappa shape index (κ2) is 13.1. The van der Waals surface area contributed by atoms with Gasteiger partial charge in [0.25, 0.3) is 10.9 Å². The third-order valence-electron chi connectivity index (χ3n) is 8.86. The maximum Gasteiger partial charge on any atom is 0.253 e. The van der Waals surface area contributed by atoms with Crippen molar-refractivity contribution in [1.29, 1.82) is 0 Å². The van der Waals surface area contributed by atoms with Gasteiger partial charge in [-0.25, -0.2) is 0 Å². The molecular weight excluding hydrogens is 549 g/mol. The van der Waals surface area contributed by atoms with Gasteiger partial charge in [0.05, 0.1) is 12.1 Å². The van der Waals surface area contributed by atoms with Crippen LogP contribution < -0.4 is 37.8 Å². The zero-order valence-corrected chi connectivity index (χ0v) is 25.3. The molecule has 0 aromatic heterocycles. The van der Waals surface area contributed by atoms with Crippen LogP contribution in [-0.4, -0.2) is 11.7 Å². The van der Waals surface area contributed by atoms with Crippen molar-refractivity contribution in [2.24, 2.45) is 11.7 Å². The maximum atomic E-state index is 13.0. The Morgan fingerprint density at radius 1 is 0.651 bits per heavy atom. The molecule has 5 atom stereocenters. The van der Waals surface area contributed by atoms with Gasteiger partial charge in [-0.15, -0.1) is 0 Å².